The zero-order valence-electron chi connectivity index (χ0n) is 17.6. The number of fused-ring (bicyclic) bond motifs is 1. The number of hydrogen-bond acceptors (Lipinski definition) is 6. The minimum Gasteiger partial charge on any atom is -0.388 e. The van der Waals surface area contributed by atoms with Crippen molar-refractivity contribution in [3.8, 4) is 6.07 Å². The SMILES string of the molecule is Cc1nc2nc(CO)nc(N[C@H](C)c3cccc(C(C)F)c3F)c2cc1C1(C#N)CC1. The van der Waals surface area contributed by atoms with E-state index in [9.17, 15) is 19.1 Å². The summed E-state index contributed by atoms with van der Waals surface area (Å²) in [7, 11) is 0. The van der Waals surface area contributed by atoms with Crippen LogP contribution in [0.3, 0.4) is 0 Å². The van der Waals surface area contributed by atoms with E-state index in [1.807, 2.05) is 13.0 Å². The van der Waals surface area contributed by atoms with Crippen LogP contribution in [0.5, 0.6) is 0 Å². The highest BCUT2D eigenvalue weighted by Crippen LogP contribution is 2.49. The summed E-state index contributed by atoms with van der Waals surface area (Å²) in [6, 6.07) is 8.34. The number of halogens is 2. The van der Waals surface area contributed by atoms with Gasteiger partial charge in [0.25, 0.3) is 0 Å². The largest absolute Gasteiger partial charge is 0.388 e. The van der Waals surface area contributed by atoms with Crippen molar-refractivity contribution in [2.24, 2.45) is 0 Å². The number of aryl methyl sites for hydroxylation is 1. The third kappa shape index (κ3) is 3.70. The number of hydrogen-bond donors (Lipinski definition) is 2. The maximum atomic E-state index is 14.9. The van der Waals surface area contributed by atoms with E-state index in [2.05, 4.69) is 26.3 Å². The first-order valence-electron chi connectivity index (χ1n) is 10.2. The van der Waals surface area contributed by atoms with Gasteiger partial charge in [-0.05, 0) is 45.2 Å². The molecule has 2 aromatic heterocycles. The fourth-order valence-corrected chi connectivity index (χ4v) is 3.91. The average Bonchev–Trinajstić information content (AvgIpc) is 3.54. The lowest BCUT2D eigenvalue weighted by atomic mass is 9.95. The second kappa shape index (κ2) is 7.82. The van der Waals surface area contributed by atoms with Gasteiger partial charge in [-0.15, -0.1) is 0 Å². The minimum absolute atomic E-state index is 0.000911. The summed E-state index contributed by atoms with van der Waals surface area (Å²) < 4.78 is 28.6. The Balaban J connectivity index is 1.80. The third-order valence-electron chi connectivity index (χ3n) is 5.85. The molecule has 1 fully saturated rings. The van der Waals surface area contributed by atoms with Gasteiger partial charge in [0.05, 0.1) is 22.9 Å². The van der Waals surface area contributed by atoms with Crippen molar-refractivity contribution in [3.63, 3.8) is 0 Å². The van der Waals surface area contributed by atoms with Gasteiger partial charge in [0.1, 0.15) is 24.4 Å². The quantitative estimate of drug-likeness (QED) is 0.596. The van der Waals surface area contributed by atoms with Crippen LogP contribution in [-0.4, -0.2) is 20.1 Å². The van der Waals surface area contributed by atoms with Crippen LogP contribution >= 0.6 is 0 Å². The van der Waals surface area contributed by atoms with E-state index in [0.29, 0.717) is 28.1 Å². The first-order chi connectivity index (χ1) is 14.8. The minimum atomic E-state index is -1.43. The molecule has 0 aliphatic heterocycles. The maximum absolute atomic E-state index is 14.9. The van der Waals surface area contributed by atoms with Crippen LogP contribution in [0, 0.1) is 24.1 Å². The highest BCUT2D eigenvalue weighted by Gasteiger charge is 2.46. The molecule has 2 heterocycles. The second-order valence-corrected chi connectivity index (χ2v) is 8.07. The van der Waals surface area contributed by atoms with Crippen molar-refractivity contribution >= 4 is 16.9 Å². The summed E-state index contributed by atoms with van der Waals surface area (Å²) >= 11 is 0. The van der Waals surface area contributed by atoms with Crippen molar-refractivity contribution in [2.45, 2.75) is 57.8 Å². The molecule has 0 saturated heterocycles. The van der Waals surface area contributed by atoms with Gasteiger partial charge in [0.15, 0.2) is 11.5 Å². The Bertz CT molecular complexity index is 1200. The van der Waals surface area contributed by atoms with Crippen LogP contribution in [-0.2, 0) is 12.0 Å². The van der Waals surface area contributed by atoms with Gasteiger partial charge in [-0.3, -0.25) is 0 Å². The number of alkyl halides is 1. The first kappa shape index (κ1) is 21.1. The lowest BCUT2D eigenvalue weighted by Gasteiger charge is -2.20. The van der Waals surface area contributed by atoms with Crippen molar-refractivity contribution in [1.82, 2.24) is 15.0 Å². The number of pyridine rings is 1. The van der Waals surface area contributed by atoms with Gasteiger partial charge >= 0.3 is 0 Å². The summed E-state index contributed by atoms with van der Waals surface area (Å²) in [6.07, 6.45) is 0.112. The smallest absolute Gasteiger partial charge is 0.165 e. The fourth-order valence-electron chi connectivity index (χ4n) is 3.91. The lowest BCUT2D eigenvalue weighted by molar-refractivity contribution is 0.272. The number of anilines is 1. The molecule has 1 aliphatic rings. The number of rotatable bonds is 6. The fraction of sp³-hybridized carbons (Fsp3) is 0.391. The standard InChI is InChI=1S/C23H23F2N5O/c1-12(24)15-5-4-6-16(20(15)25)13(2)27-21-17-9-18(23(11-26)7-8-23)14(3)28-22(17)30-19(10-31)29-21/h4-6,9,12-13,31H,7-8,10H2,1-3H3,(H,27,28,29,30)/t12?,13-/m1/s1. The molecule has 8 heteroatoms. The van der Waals surface area contributed by atoms with Crippen molar-refractivity contribution in [2.75, 3.05) is 5.32 Å². The van der Waals surface area contributed by atoms with E-state index >= 15 is 0 Å². The van der Waals surface area contributed by atoms with Crippen LogP contribution in [0.4, 0.5) is 14.6 Å². The number of aliphatic hydroxyl groups is 1. The molecule has 31 heavy (non-hydrogen) atoms. The Kier molecular flexibility index (Phi) is 5.31. The van der Waals surface area contributed by atoms with Crippen LogP contribution in [0.15, 0.2) is 24.3 Å². The van der Waals surface area contributed by atoms with E-state index in [1.54, 1.807) is 19.1 Å². The van der Waals surface area contributed by atoms with Crippen molar-refractivity contribution in [1.29, 1.82) is 5.26 Å². The molecule has 3 aromatic rings. The molecule has 1 saturated carbocycles. The molecular formula is C23H23F2N5O. The molecule has 1 aliphatic carbocycles. The Morgan fingerprint density at radius 1 is 1.23 bits per heavy atom. The zero-order chi connectivity index (χ0) is 22.3. The average molecular weight is 423 g/mol. The summed E-state index contributed by atoms with van der Waals surface area (Å²) in [5.41, 5.74) is 1.69. The molecular weight excluding hydrogens is 400 g/mol. The van der Waals surface area contributed by atoms with Crippen molar-refractivity contribution < 1.29 is 13.9 Å². The lowest BCUT2D eigenvalue weighted by Crippen LogP contribution is -2.14. The van der Waals surface area contributed by atoms with Gasteiger partial charge < -0.3 is 10.4 Å². The zero-order valence-corrected chi connectivity index (χ0v) is 17.6. The first-order valence-corrected chi connectivity index (χ1v) is 10.2. The van der Waals surface area contributed by atoms with Crippen LogP contribution in [0.1, 0.15) is 67.1 Å². The summed E-state index contributed by atoms with van der Waals surface area (Å²) in [4.78, 5) is 13.2. The molecule has 6 nitrogen and oxygen atoms in total. The van der Waals surface area contributed by atoms with E-state index < -0.39 is 23.4 Å². The molecule has 0 bridgehead atoms. The number of nitrogens with zero attached hydrogens (tertiary/aromatic N) is 4. The Morgan fingerprint density at radius 2 is 1.94 bits per heavy atom. The van der Waals surface area contributed by atoms with Gasteiger partial charge in [0, 0.05) is 16.8 Å². The van der Waals surface area contributed by atoms with Gasteiger partial charge in [-0.1, -0.05) is 18.2 Å². The topological polar surface area (TPSA) is 94.7 Å². The molecule has 160 valence electrons. The van der Waals surface area contributed by atoms with E-state index in [4.69, 9.17) is 0 Å². The Hall–Kier alpha value is -3.18. The molecule has 4 rings (SSSR count). The number of nitriles is 1. The molecule has 1 aromatic carbocycles. The van der Waals surface area contributed by atoms with Crippen LogP contribution in [0.2, 0.25) is 0 Å². The maximum Gasteiger partial charge on any atom is 0.165 e. The number of benzene rings is 1. The molecule has 2 N–H and O–H groups in total. The molecule has 1 unspecified atom stereocenters. The van der Waals surface area contributed by atoms with Gasteiger partial charge in [0.2, 0.25) is 0 Å². The van der Waals surface area contributed by atoms with Crippen LogP contribution < -0.4 is 5.32 Å². The number of nitrogens with one attached hydrogen (secondary N) is 1. The van der Waals surface area contributed by atoms with E-state index in [-0.39, 0.29) is 18.0 Å². The van der Waals surface area contributed by atoms with E-state index in [0.717, 1.165) is 18.4 Å². The van der Waals surface area contributed by atoms with Crippen LogP contribution in [0.25, 0.3) is 11.0 Å². The highest BCUT2D eigenvalue weighted by atomic mass is 19.1. The Labute approximate surface area is 179 Å². The summed E-state index contributed by atoms with van der Waals surface area (Å²) in [6.45, 7) is 4.50. The predicted molar refractivity (Wildman–Crippen MR) is 112 cm³/mol. The summed E-state index contributed by atoms with van der Waals surface area (Å²) in [5.74, 6) is -0.0497. The predicted octanol–water partition coefficient (Wildman–Crippen LogP) is 4.72. The molecule has 0 radical (unpaired) electrons. The molecule has 2 atom stereocenters. The van der Waals surface area contributed by atoms with Gasteiger partial charge in [-0.2, -0.15) is 5.26 Å². The second-order valence-electron chi connectivity index (χ2n) is 8.07. The van der Waals surface area contributed by atoms with E-state index in [1.165, 1.54) is 13.0 Å². The molecule has 0 spiro atoms. The third-order valence-corrected chi connectivity index (χ3v) is 5.85. The number of aliphatic hydroxyl groups excluding tert-OH is 1. The summed E-state index contributed by atoms with van der Waals surface area (Å²) in [5, 5.41) is 23.0. The Morgan fingerprint density at radius 3 is 2.55 bits per heavy atom. The highest BCUT2D eigenvalue weighted by molar-refractivity contribution is 5.88. The monoisotopic (exact) mass is 423 g/mol. The molecule has 0 amide bonds. The number of aromatic nitrogens is 3. The normalized spacial score (nSPS) is 16.5. The van der Waals surface area contributed by atoms with Gasteiger partial charge in [-0.25, -0.2) is 23.7 Å². The van der Waals surface area contributed by atoms with Crippen molar-refractivity contribution in [3.05, 3.63) is 58.3 Å².